The van der Waals surface area contributed by atoms with E-state index in [-0.39, 0.29) is 11.9 Å². The van der Waals surface area contributed by atoms with E-state index in [0.717, 1.165) is 37.4 Å². The molecular formula is C18H29N5O2. The molecule has 2 rings (SSSR count). The summed E-state index contributed by atoms with van der Waals surface area (Å²) in [5.41, 5.74) is 1.86. The maximum Gasteiger partial charge on any atom is 0.317 e. The van der Waals surface area contributed by atoms with Crippen molar-refractivity contribution < 1.29 is 9.59 Å². The molecule has 0 aliphatic carbocycles. The van der Waals surface area contributed by atoms with E-state index in [1.54, 1.807) is 0 Å². The lowest BCUT2D eigenvalue weighted by atomic mass is 10.2. The second-order valence-electron chi connectivity index (χ2n) is 6.59. The highest BCUT2D eigenvalue weighted by atomic mass is 16.2. The molecule has 0 aromatic heterocycles. The number of urea groups is 1. The first-order valence-corrected chi connectivity index (χ1v) is 8.76. The molecular weight excluding hydrogens is 318 g/mol. The van der Waals surface area contributed by atoms with Gasteiger partial charge in [0.25, 0.3) is 0 Å². The fourth-order valence-corrected chi connectivity index (χ4v) is 2.85. The van der Waals surface area contributed by atoms with Crippen LogP contribution in [0.25, 0.3) is 0 Å². The van der Waals surface area contributed by atoms with Gasteiger partial charge in [0, 0.05) is 51.0 Å². The molecule has 1 saturated heterocycles. The van der Waals surface area contributed by atoms with Crippen LogP contribution in [-0.4, -0.2) is 75.1 Å². The van der Waals surface area contributed by atoms with Crippen LogP contribution in [0.3, 0.4) is 0 Å². The topological polar surface area (TPSA) is 67.9 Å². The molecule has 2 N–H and O–H groups in total. The highest BCUT2D eigenvalue weighted by Crippen LogP contribution is 2.21. The van der Waals surface area contributed by atoms with E-state index in [2.05, 4.69) is 20.4 Å². The molecule has 7 nitrogen and oxygen atoms in total. The smallest absolute Gasteiger partial charge is 0.317 e. The van der Waals surface area contributed by atoms with Gasteiger partial charge in [-0.05, 0) is 45.3 Å². The monoisotopic (exact) mass is 347 g/mol. The third-order valence-corrected chi connectivity index (χ3v) is 4.16. The lowest BCUT2D eigenvalue weighted by Gasteiger charge is -2.36. The Kier molecular flexibility index (Phi) is 7.06. The Morgan fingerprint density at radius 1 is 1.16 bits per heavy atom. The molecule has 0 bridgehead atoms. The summed E-state index contributed by atoms with van der Waals surface area (Å²) < 4.78 is 0. The predicted molar refractivity (Wildman–Crippen MR) is 101 cm³/mol. The zero-order valence-electron chi connectivity index (χ0n) is 15.4. The number of anilines is 2. The first-order valence-electron chi connectivity index (χ1n) is 8.76. The van der Waals surface area contributed by atoms with E-state index in [9.17, 15) is 9.59 Å². The molecule has 0 atom stereocenters. The van der Waals surface area contributed by atoms with E-state index in [1.165, 1.54) is 6.92 Å². The first-order chi connectivity index (χ1) is 12.0. The van der Waals surface area contributed by atoms with Gasteiger partial charge in [-0.2, -0.15) is 0 Å². The zero-order chi connectivity index (χ0) is 18.2. The van der Waals surface area contributed by atoms with E-state index in [4.69, 9.17) is 0 Å². The number of amides is 3. The van der Waals surface area contributed by atoms with Crippen molar-refractivity contribution in [2.45, 2.75) is 13.3 Å². The minimum atomic E-state index is -0.0760. The number of carbonyl (C=O) groups excluding carboxylic acids is 2. The Morgan fingerprint density at radius 3 is 2.52 bits per heavy atom. The number of hydrogen-bond donors (Lipinski definition) is 2. The maximum atomic E-state index is 12.2. The molecule has 0 saturated carbocycles. The molecule has 0 radical (unpaired) electrons. The van der Waals surface area contributed by atoms with Crippen LogP contribution in [0, 0.1) is 0 Å². The Bertz CT molecular complexity index is 583. The van der Waals surface area contributed by atoms with Gasteiger partial charge in [0.2, 0.25) is 5.91 Å². The van der Waals surface area contributed by atoms with Crippen molar-refractivity contribution in [1.82, 2.24) is 15.1 Å². The molecule has 1 aliphatic rings. The molecule has 1 fully saturated rings. The molecule has 1 aliphatic heterocycles. The van der Waals surface area contributed by atoms with Gasteiger partial charge >= 0.3 is 6.03 Å². The minimum Gasteiger partial charge on any atom is -0.368 e. The van der Waals surface area contributed by atoms with Gasteiger partial charge in [0.05, 0.1) is 0 Å². The number of benzene rings is 1. The number of rotatable bonds is 6. The van der Waals surface area contributed by atoms with Crippen LogP contribution >= 0.6 is 0 Å². The SMILES string of the molecule is CC(=O)Nc1cccc(N2CCN(C(=O)NCCCN(C)C)CC2)c1. The number of piperazine rings is 1. The normalized spacial score (nSPS) is 14.6. The molecule has 1 heterocycles. The van der Waals surface area contributed by atoms with Crippen LogP contribution < -0.4 is 15.5 Å². The van der Waals surface area contributed by atoms with Crippen molar-refractivity contribution in [3.8, 4) is 0 Å². The maximum absolute atomic E-state index is 12.2. The molecule has 0 unspecified atom stereocenters. The van der Waals surface area contributed by atoms with E-state index < -0.39 is 0 Å². The molecule has 1 aromatic carbocycles. The van der Waals surface area contributed by atoms with Crippen LogP contribution in [0.4, 0.5) is 16.2 Å². The van der Waals surface area contributed by atoms with Crippen LogP contribution in [0.5, 0.6) is 0 Å². The van der Waals surface area contributed by atoms with Crippen molar-refractivity contribution in [1.29, 1.82) is 0 Å². The van der Waals surface area contributed by atoms with Crippen LogP contribution in [0.15, 0.2) is 24.3 Å². The summed E-state index contributed by atoms with van der Waals surface area (Å²) in [5, 5.41) is 5.79. The molecule has 7 heteroatoms. The number of carbonyl (C=O) groups is 2. The van der Waals surface area contributed by atoms with Gasteiger partial charge in [-0.25, -0.2) is 4.79 Å². The van der Waals surface area contributed by atoms with Gasteiger partial charge in [-0.3, -0.25) is 4.79 Å². The van der Waals surface area contributed by atoms with Gasteiger partial charge in [0.1, 0.15) is 0 Å². The summed E-state index contributed by atoms with van der Waals surface area (Å²) in [6.45, 7) is 6.15. The molecule has 25 heavy (non-hydrogen) atoms. The predicted octanol–water partition coefficient (Wildman–Crippen LogP) is 1.43. The second kappa shape index (κ2) is 9.27. The number of nitrogens with zero attached hydrogens (tertiary/aromatic N) is 3. The van der Waals surface area contributed by atoms with Crippen molar-refractivity contribution in [2.24, 2.45) is 0 Å². The Balaban J connectivity index is 1.79. The fraction of sp³-hybridized carbons (Fsp3) is 0.556. The zero-order valence-corrected chi connectivity index (χ0v) is 15.4. The third-order valence-electron chi connectivity index (χ3n) is 4.16. The van der Waals surface area contributed by atoms with Crippen molar-refractivity contribution in [3.05, 3.63) is 24.3 Å². The van der Waals surface area contributed by atoms with E-state index >= 15 is 0 Å². The summed E-state index contributed by atoms with van der Waals surface area (Å²) in [5.74, 6) is -0.0760. The Morgan fingerprint density at radius 2 is 1.88 bits per heavy atom. The van der Waals surface area contributed by atoms with E-state index in [0.29, 0.717) is 19.6 Å². The number of nitrogens with one attached hydrogen (secondary N) is 2. The average molecular weight is 347 g/mol. The molecule has 3 amide bonds. The van der Waals surface area contributed by atoms with Crippen molar-refractivity contribution in [2.75, 3.05) is 63.6 Å². The molecule has 1 aromatic rings. The van der Waals surface area contributed by atoms with Gasteiger partial charge in [0.15, 0.2) is 0 Å². The number of hydrogen-bond acceptors (Lipinski definition) is 4. The minimum absolute atomic E-state index is 0.0189. The Hall–Kier alpha value is -2.28. The van der Waals surface area contributed by atoms with E-state index in [1.807, 2.05) is 43.3 Å². The summed E-state index contributed by atoms with van der Waals surface area (Å²) in [6.07, 6.45) is 0.953. The molecule has 0 spiro atoms. The summed E-state index contributed by atoms with van der Waals surface area (Å²) in [7, 11) is 4.06. The fourth-order valence-electron chi connectivity index (χ4n) is 2.85. The van der Waals surface area contributed by atoms with Crippen LogP contribution in [0.2, 0.25) is 0 Å². The highest BCUT2D eigenvalue weighted by Gasteiger charge is 2.21. The first kappa shape index (κ1) is 19.1. The van der Waals surface area contributed by atoms with Gasteiger partial charge in [-0.1, -0.05) is 6.07 Å². The summed E-state index contributed by atoms with van der Waals surface area (Å²) in [6, 6.07) is 7.83. The van der Waals surface area contributed by atoms with Gasteiger partial charge < -0.3 is 25.3 Å². The highest BCUT2D eigenvalue weighted by molar-refractivity contribution is 5.89. The molecule has 138 valence electrons. The van der Waals surface area contributed by atoms with Crippen LogP contribution in [-0.2, 0) is 4.79 Å². The van der Waals surface area contributed by atoms with Gasteiger partial charge in [-0.15, -0.1) is 0 Å². The second-order valence-corrected chi connectivity index (χ2v) is 6.59. The average Bonchev–Trinajstić information content (AvgIpc) is 2.58. The van der Waals surface area contributed by atoms with Crippen LogP contribution in [0.1, 0.15) is 13.3 Å². The standard InChI is InChI=1S/C18H29N5O2/c1-15(24)20-16-6-4-7-17(14-16)22-10-12-23(13-11-22)18(25)19-8-5-9-21(2)3/h4,6-7,14H,5,8-13H2,1-3H3,(H,19,25)(H,20,24). The summed E-state index contributed by atoms with van der Waals surface area (Å²) in [4.78, 5) is 29.6. The quantitative estimate of drug-likeness (QED) is 0.764. The van der Waals surface area contributed by atoms with Crippen molar-refractivity contribution >= 4 is 23.3 Å². The summed E-state index contributed by atoms with van der Waals surface area (Å²) >= 11 is 0. The largest absolute Gasteiger partial charge is 0.368 e. The Labute approximate surface area is 150 Å². The lowest BCUT2D eigenvalue weighted by Crippen LogP contribution is -2.52. The lowest BCUT2D eigenvalue weighted by molar-refractivity contribution is -0.114. The third kappa shape index (κ3) is 6.26. The van der Waals surface area contributed by atoms with Crippen molar-refractivity contribution in [3.63, 3.8) is 0 Å².